The molecule has 1 aliphatic heterocycles. The molecule has 2 aromatic rings. The summed E-state index contributed by atoms with van der Waals surface area (Å²) in [7, 11) is 1.38. The van der Waals surface area contributed by atoms with Crippen LogP contribution in [0, 0.1) is 6.92 Å². The van der Waals surface area contributed by atoms with E-state index in [2.05, 4.69) is 9.97 Å². The predicted molar refractivity (Wildman–Crippen MR) is 114 cm³/mol. The van der Waals surface area contributed by atoms with Crippen molar-refractivity contribution in [2.75, 3.05) is 20.2 Å². The second kappa shape index (κ2) is 8.05. The van der Waals surface area contributed by atoms with Gasteiger partial charge in [0.05, 0.1) is 18.2 Å². The predicted octanol–water partition coefficient (Wildman–Crippen LogP) is 2.72. The number of carbonyl (C=O) groups is 2. The van der Waals surface area contributed by atoms with E-state index in [0.717, 1.165) is 5.56 Å². The van der Waals surface area contributed by atoms with E-state index in [-0.39, 0.29) is 22.9 Å². The molecule has 7 heteroatoms. The molecule has 30 heavy (non-hydrogen) atoms. The lowest BCUT2D eigenvalue weighted by molar-refractivity contribution is -0.149. The molecule has 0 spiro atoms. The molecule has 2 heterocycles. The number of nitrogens with zero attached hydrogens (tertiary/aromatic N) is 2. The maximum Gasteiger partial charge on any atom is 0.316 e. The lowest BCUT2D eigenvalue weighted by Crippen LogP contribution is -2.50. The summed E-state index contributed by atoms with van der Waals surface area (Å²) in [5.74, 6) is -0.103. The zero-order valence-corrected chi connectivity index (χ0v) is 18.2. The fourth-order valence-corrected chi connectivity index (χ4v) is 4.01. The van der Waals surface area contributed by atoms with Gasteiger partial charge >= 0.3 is 5.97 Å². The number of H-pyrrole nitrogens is 1. The van der Waals surface area contributed by atoms with E-state index in [1.54, 1.807) is 11.8 Å². The van der Waals surface area contributed by atoms with E-state index in [0.29, 0.717) is 37.4 Å². The number of hydrogen-bond acceptors (Lipinski definition) is 5. The standard InChI is InChI=1S/C23H29N3O4/c1-15-17(18(27)25-20(24-15)22(2,3)4)19(28)26-13-11-23(12-14-26,21(29)30-5)16-9-7-6-8-10-16/h6-10H,11-14H2,1-5H3,(H,24,25,27). The number of ether oxygens (including phenoxy) is 1. The first-order valence-electron chi connectivity index (χ1n) is 10.1. The first-order chi connectivity index (χ1) is 14.1. The molecule has 0 radical (unpaired) electrons. The van der Waals surface area contributed by atoms with Gasteiger partial charge in [0.1, 0.15) is 11.4 Å². The number of hydrogen-bond donors (Lipinski definition) is 1. The van der Waals surface area contributed by atoms with Gasteiger partial charge in [-0.15, -0.1) is 0 Å². The van der Waals surface area contributed by atoms with Crippen LogP contribution in [0.15, 0.2) is 35.1 Å². The quantitative estimate of drug-likeness (QED) is 0.784. The Bertz CT molecular complexity index is 997. The smallest absolute Gasteiger partial charge is 0.316 e. The Hall–Kier alpha value is -2.96. The maximum atomic E-state index is 13.1. The summed E-state index contributed by atoms with van der Waals surface area (Å²) in [5.41, 5.74) is -0.177. The number of piperidine rings is 1. The number of likely N-dealkylation sites (tertiary alicyclic amines) is 1. The molecule has 1 saturated heterocycles. The van der Waals surface area contributed by atoms with Gasteiger partial charge in [-0.3, -0.25) is 14.4 Å². The van der Waals surface area contributed by atoms with Crippen molar-refractivity contribution in [2.45, 2.75) is 51.4 Å². The van der Waals surface area contributed by atoms with Crippen molar-refractivity contribution in [3.8, 4) is 0 Å². The molecule has 0 saturated carbocycles. The molecule has 3 rings (SSSR count). The van der Waals surface area contributed by atoms with Crippen LogP contribution >= 0.6 is 0 Å². The molecular weight excluding hydrogens is 382 g/mol. The highest BCUT2D eigenvalue weighted by molar-refractivity contribution is 5.95. The van der Waals surface area contributed by atoms with Gasteiger partial charge in [0.15, 0.2) is 0 Å². The number of aromatic amines is 1. The Kier molecular flexibility index (Phi) is 5.83. The van der Waals surface area contributed by atoms with Gasteiger partial charge in [-0.25, -0.2) is 4.98 Å². The lowest BCUT2D eigenvalue weighted by atomic mass is 9.72. The Balaban J connectivity index is 1.87. The van der Waals surface area contributed by atoms with Crippen LogP contribution in [0.3, 0.4) is 0 Å². The molecular formula is C23H29N3O4. The van der Waals surface area contributed by atoms with E-state index in [4.69, 9.17) is 4.74 Å². The third-order valence-electron chi connectivity index (χ3n) is 5.83. The van der Waals surface area contributed by atoms with Crippen molar-refractivity contribution in [1.29, 1.82) is 0 Å². The molecule has 7 nitrogen and oxygen atoms in total. The fourth-order valence-electron chi connectivity index (χ4n) is 4.01. The number of benzene rings is 1. The van der Waals surface area contributed by atoms with Gasteiger partial charge in [-0.05, 0) is 25.3 Å². The van der Waals surface area contributed by atoms with Crippen LogP contribution in [0.1, 0.15) is 61.1 Å². The number of carbonyl (C=O) groups excluding carboxylic acids is 2. The molecule has 0 aliphatic carbocycles. The molecule has 0 atom stereocenters. The number of methoxy groups -OCH3 is 1. The summed E-state index contributed by atoms with van der Waals surface area (Å²) in [6.45, 7) is 8.24. The van der Waals surface area contributed by atoms with Crippen molar-refractivity contribution in [3.63, 3.8) is 0 Å². The summed E-state index contributed by atoms with van der Waals surface area (Å²) >= 11 is 0. The molecule has 1 fully saturated rings. The summed E-state index contributed by atoms with van der Waals surface area (Å²) < 4.78 is 5.10. The third kappa shape index (κ3) is 3.88. The van der Waals surface area contributed by atoms with Crippen molar-refractivity contribution >= 4 is 11.9 Å². The van der Waals surface area contributed by atoms with E-state index in [9.17, 15) is 14.4 Å². The SMILES string of the molecule is COC(=O)C1(c2ccccc2)CCN(C(=O)c2c(C)nc(C(C)(C)C)[nH]c2=O)CC1. The van der Waals surface area contributed by atoms with Crippen LogP contribution < -0.4 is 5.56 Å². The van der Waals surface area contributed by atoms with Gasteiger partial charge in [-0.1, -0.05) is 51.1 Å². The monoisotopic (exact) mass is 411 g/mol. The zero-order valence-electron chi connectivity index (χ0n) is 18.2. The minimum Gasteiger partial charge on any atom is -0.468 e. The minimum atomic E-state index is -0.789. The lowest BCUT2D eigenvalue weighted by Gasteiger charge is -2.40. The number of aromatic nitrogens is 2. The summed E-state index contributed by atoms with van der Waals surface area (Å²) in [5, 5.41) is 0. The number of rotatable bonds is 3. The summed E-state index contributed by atoms with van der Waals surface area (Å²) in [6, 6.07) is 9.51. The second-order valence-electron chi connectivity index (χ2n) is 8.86. The van der Waals surface area contributed by atoms with E-state index in [1.165, 1.54) is 7.11 Å². The highest BCUT2D eigenvalue weighted by Gasteiger charge is 2.45. The molecule has 1 aromatic heterocycles. The summed E-state index contributed by atoms with van der Waals surface area (Å²) in [6.07, 6.45) is 0.861. The minimum absolute atomic E-state index is 0.0632. The van der Waals surface area contributed by atoms with Crippen LogP contribution in [0.4, 0.5) is 0 Å². The van der Waals surface area contributed by atoms with Crippen LogP contribution in [0.25, 0.3) is 0 Å². The van der Waals surface area contributed by atoms with E-state index in [1.807, 2.05) is 51.1 Å². The van der Waals surface area contributed by atoms with Gasteiger partial charge < -0.3 is 14.6 Å². The Labute approximate surface area is 176 Å². The Morgan fingerprint density at radius 2 is 1.73 bits per heavy atom. The number of nitrogens with one attached hydrogen (secondary N) is 1. The van der Waals surface area contributed by atoms with E-state index >= 15 is 0 Å². The third-order valence-corrected chi connectivity index (χ3v) is 5.83. The highest BCUT2D eigenvalue weighted by Crippen LogP contribution is 2.37. The van der Waals surface area contributed by atoms with Crippen molar-refractivity contribution in [2.24, 2.45) is 0 Å². The topological polar surface area (TPSA) is 92.4 Å². The highest BCUT2D eigenvalue weighted by atomic mass is 16.5. The molecule has 1 amide bonds. The van der Waals surface area contributed by atoms with Gasteiger partial charge in [0.2, 0.25) is 0 Å². The second-order valence-corrected chi connectivity index (χ2v) is 8.86. The van der Waals surface area contributed by atoms with Gasteiger partial charge in [0, 0.05) is 18.5 Å². The van der Waals surface area contributed by atoms with Crippen LogP contribution in [-0.2, 0) is 20.4 Å². The average Bonchev–Trinajstić information content (AvgIpc) is 2.72. The number of esters is 1. The van der Waals surface area contributed by atoms with Crippen LogP contribution in [0.5, 0.6) is 0 Å². The zero-order chi connectivity index (χ0) is 22.1. The number of aryl methyl sites for hydroxylation is 1. The molecule has 0 bridgehead atoms. The largest absolute Gasteiger partial charge is 0.468 e. The molecule has 1 aromatic carbocycles. The van der Waals surface area contributed by atoms with Gasteiger partial charge in [0.25, 0.3) is 11.5 Å². The first kappa shape index (κ1) is 21.7. The fraction of sp³-hybridized carbons (Fsp3) is 0.478. The van der Waals surface area contributed by atoms with Crippen LogP contribution in [-0.4, -0.2) is 46.9 Å². The van der Waals surface area contributed by atoms with Crippen LogP contribution in [0.2, 0.25) is 0 Å². The molecule has 160 valence electrons. The normalized spacial score (nSPS) is 16.2. The maximum absolute atomic E-state index is 13.1. The Morgan fingerprint density at radius 3 is 2.23 bits per heavy atom. The Morgan fingerprint density at radius 1 is 1.13 bits per heavy atom. The van der Waals surface area contributed by atoms with Crippen molar-refractivity contribution in [1.82, 2.24) is 14.9 Å². The van der Waals surface area contributed by atoms with Crippen molar-refractivity contribution in [3.05, 3.63) is 63.3 Å². The molecule has 1 N–H and O–H groups in total. The number of amides is 1. The molecule has 0 unspecified atom stereocenters. The molecule has 1 aliphatic rings. The van der Waals surface area contributed by atoms with Gasteiger partial charge in [-0.2, -0.15) is 0 Å². The average molecular weight is 412 g/mol. The first-order valence-corrected chi connectivity index (χ1v) is 10.1. The van der Waals surface area contributed by atoms with E-state index < -0.39 is 11.0 Å². The summed E-state index contributed by atoms with van der Waals surface area (Å²) in [4.78, 5) is 47.3. The van der Waals surface area contributed by atoms with Crippen molar-refractivity contribution < 1.29 is 14.3 Å².